The van der Waals surface area contributed by atoms with Gasteiger partial charge in [0.05, 0.1) is 13.3 Å². The molecule has 2 rings (SSSR count). The number of benzene rings is 1. The largest absolute Gasteiger partial charge is 0.496 e. The number of nitrogens with zero attached hydrogens (tertiary/aromatic N) is 1. The van der Waals surface area contributed by atoms with Gasteiger partial charge in [-0.15, -0.1) is 11.3 Å². The van der Waals surface area contributed by atoms with Crippen LogP contribution in [0.3, 0.4) is 0 Å². The van der Waals surface area contributed by atoms with E-state index in [1.54, 1.807) is 13.3 Å². The number of methoxy groups -OCH3 is 1. The van der Waals surface area contributed by atoms with Gasteiger partial charge in [0.2, 0.25) is 0 Å². The highest BCUT2D eigenvalue weighted by Crippen LogP contribution is 2.30. The smallest absolute Gasteiger partial charge is 0.123 e. The van der Waals surface area contributed by atoms with Crippen LogP contribution in [-0.4, -0.2) is 17.2 Å². The van der Waals surface area contributed by atoms with Crippen LogP contribution in [0.4, 0.5) is 0 Å². The maximum atomic E-state index is 10.1. The Morgan fingerprint density at radius 2 is 2.33 bits per heavy atom. The van der Waals surface area contributed by atoms with E-state index >= 15 is 0 Å². The van der Waals surface area contributed by atoms with Crippen molar-refractivity contribution in [3.8, 4) is 5.75 Å². The highest BCUT2D eigenvalue weighted by atomic mass is 79.9. The average Bonchev–Trinajstić information content (AvgIpc) is 2.76. The van der Waals surface area contributed by atoms with E-state index in [0.717, 1.165) is 15.8 Å². The fourth-order valence-electron chi connectivity index (χ4n) is 1.62. The number of hydrogen-bond acceptors (Lipinski definition) is 4. The van der Waals surface area contributed by atoms with Crippen molar-refractivity contribution in [3.05, 3.63) is 43.8 Å². The number of hydrogen-bond donors (Lipinski definition) is 1. The molecule has 0 amide bonds. The van der Waals surface area contributed by atoms with E-state index in [1.807, 2.05) is 18.2 Å². The van der Waals surface area contributed by atoms with Gasteiger partial charge < -0.3 is 9.84 Å². The summed E-state index contributed by atoms with van der Waals surface area (Å²) in [6.07, 6.45) is 1.31. The Labute approximate surface area is 123 Å². The van der Waals surface area contributed by atoms with Gasteiger partial charge in [0.1, 0.15) is 21.2 Å². The van der Waals surface area contributed by atoms with Crippen molar-refractivity contribution in [2.75, 3.05) is 7.11 Å². The summed E-state index contributed by atoms with van der Waals surface area (Å²) in [6.45, 7) is 0. The molecule has 1 aromatic heterocycles. The highest BCUT2D eigenvalue weighted by Gasteiger charge is 2.15. The Hall–Kier alpha value is -0.620. The molecule has 1 heterocycles. The maximum Gasteiger partial charge on any atom is 0.123 e. The number of rotatable bonds is 4. The van der Waals surface area contributed by atoms with Gasteiger partial charge in [0, 0.05) is 10.9 Å². The molecule has 18 heavy (non-hydrogen) atoms. The van der Waals surface area contributed by atoms with Crippen molar-refractivity contribution in [2.45, 2.75) is 12.5 Å². The summed E-state index contributed by atoms with van der Waals surface area (Å²) in [5.74, 6) is 0.750. The zero-order chi connectivity index (χ0) is 13.1. The first kappa shape index (κ1) is 13.8. The lowest BCUT2D eigenvalue weighted by Crippen LogP contribution is -2.03. The molecule has 3 nitrogen and oxygen atoms in total. The highest BCUT2D eigenvalue weighted by molar-refractivity contribution is 9.10. The number of aromatic nitrogens is 1. The van der Waals surface area contributed by atoms with Gasteiger partial charge in [0.25, 0.3) is 0 Å². The van der Waals surface area contributed by atoms with E-state index in [-0.39, 0.29) is 0 Å². The Morgan fingerprint density at radius 1 is 1.56 bits per heavy atom. The van der Waals surface area contributed by atoms with Crippen LogP contribution in [0.2, 0.25) is 4.34 Å². The molecular formula is C12H11BrClNO2S. The number of aliphatic hydroxyl groups excluding tert-OH is 1. The third-order valence-corrected chi connectivity index (χ3v) is 4.15. The molecule has 1 unspecified atom stereocenters. The summed E-state index contributed by atoms with van der Waals surface area (Å²) >= 11 is 10.5. The van der Waals surface area contributed by atoms with Gasteiger partial charge in [-0.25, -0.2) is 4.98 Å². The normalized spacial score (nSPS) is 12.4. The Kier molecular flexibility index (Phi) is 4.61. The monoisotopic (exact) mass is 347 g/mol. The van der Waals surface area contributed by atoms with E-state index < -0.39 is 6.10 Å². The van der Waals surface area contributed by atoms with Gasteiger partial charge in [-0.2, -0.15) is 0 Å². The van der Waals surface area contributed by atoms with Crippen molar-refractivity contribution in [1.29, 1.82) is 0 Å². The van der Waals surface area contributed by atoms with Crippen molar-refractivity contribution >= 4 is 38.9 Å². The molecule has 0 radical (unpaired) electrons. The SMILES string of the molecule is COc1ccc(Br)cc1CC(O)c1ncc(Cl)s1. The quantitative estimate of drug-likeness (QED) is 0.912. The zero-order valence-corrected chi connectivity index (χ0v) is 12.7. The van der Waals surface area contributed by atoms with Crippen molar-refractivity contribution in [1.82, 2.24) is 4.98 Å². The van der Waals surface area contributed by atoms with E-state index in [2.05, 4.69) is 20.9 Å². The van der Waals surface area contributed by atoms with Crippen LogP contribution >= 0.6 is 38.9 Å². The van der Waals surface area contributed by atoms with Crippen LogP contribution in [0.1, 0.15) is 16.7 Å². The molecule has 0 aliphatic carbocycles. The lowest BCUT2D eigenvalue weighted by Gasteiger charge is -2.12. The predicted molar refractivity (Wildman–Crippen MR) is 76.5 cm³/mol. The lowest BCUT2D eigenvalue weighted by atomic mass is 10.1. The molecule has 1 N–H and O–H groups in total. The molecule has 0 spiro atoms. The summed E-state index contributed by atoms with van der Waals surface area (Å²) in [5, 5.41) is 10.7. The average molecular weight is 349 g/mol. The molecule has 1 aromatic carbocycles. The third-order valence-electron chi connectivity index (χ3n) is 2.44. The second-order valence-electron chi connectivity index (χ2n) is 3.68. The fourth-order valence-corrected chi connectivity index (χ4v) is 2.95. The van der Waals surface area contributed by atoms with E-state index in [0.29, 0.717) is 15.8 Å². The first-order valence-electron chi connectivity index (χ1n) is 5.22. The molecule has 6 heteroatoms. The Balaban J connectivity index is 2.20. The van der Waals surface area contributed by atoms with Crippen molar-refractivity contribution in [2.24, 2.45) is 0 Å². The molecule has 1 atom stereocenters. The minimum atomic E-state index is -0.675. The summed E-state index contributed by atoms with van der Waals surface area (Å²) in [4.78, 5) is 4.07. The molecule has 2 aromatic rings. The zero-order valence-electron chi connectivity index (χ0n) is 9.56. The summed E-state index contributed by atoms with van der Waals surface area (Å²) in [7, 11) is 1.61. The van der Waals surface area contributed by atoms with Gasteiger partial charge in [0.15, 0.2) is 0 Å². The minimum Gasteiger partial charge on any atom is -0.496 e. The third kappa shape index (κ3) is 3.23. The fraction of sp³-hybridized carbons (Fsp3) is 0.250. The molecule has 0 bridgehead atoms. The number of aliphatic hydroxyl groups is 1. The summed E-state index contributed by atoms with van der Waals surface area (Å²) in [5.41, 5.74) is 0.922. The number of ether oxygens (including phenoxy) is 1. The van der Waals surface area contributed by atoms with Gasteiger partial charge in [-0.3, -0.25) is 0 Å². The van der Waals surface area contributed by atoms with Crippen LogP contribution in [-0.2, 0) is 6.42 Å². The van der Waals surface area contributed by atoms with Crippen LogP contribution in [0.5, 0.6) is 5.75 Å². The van der Waals surface area contributed by atoms with Crippen LogP contribution in [0, 0.1) is 0 Å². The number of thiazole rings is 1. The Bertz CT molecular complexity index is 547. The topological polar surface area (TPSA) is 42.4 Å². The Morgan fingerprint density at radius 3 is 2.94 bits per heavy atom. The minimum absolute atomic E-state index is 0.437. The molecule has 0 aliphatic rings. The van der Waals surface area contributed by atoms with Crippen molar-refractivity contribution in [3.63, 3.8) is 0 Å². The molecule has 0 aliphatic heterocycles. The van der Waals surface area contributed by atoms with Gasteiger partial charge in [-0.05, 0) is 23.8 Å². The van der Waals surface area contributed by atoms with E-state index in [9.17, 15) is 5.11 Å². The second kappa shape index (κ2) is 6.02. The molecule has 0 saturated heterocycles. The van der Waals surface area contributed by atoms with E-state index in [1.165, 1.54) is 11.3 Å². The molecular weight excluding hydrogens is 338 g/mol. The van der Waals surface area contributed by atoms with Gasteiger partial charge in [-0.1, -0.05) is 27.5 Å². The summed E-state index contributed by atoms with van der Waals surface area (Å²) in [6, 6.07) is 5.69. The second-order valence-corrected chi connectivity index (χ2v) is 6.29. The molecule has 96 valence electrons. The van der Waals surface area contributed by atoms with Crippen LogP contribution in [0.25, 0.3) is 0 Å². The van der Waals surface area contributed by atoms with Crippen LogP contribution in [0.15, 0.2) is 28.9 Å². The standard InChI is InChI=1S/C12H11BrClNO2S/c1-17-10-3-2-8(13)4-7(10)5-9(16)12-15-6-11(14)18-12/h2-4,6,9,16H,5H2,1H3. The van der Waals surface area contributed by atoms with Gasteiger partial charge >= 0.3 is 0 Å². The first-order valence-corrected chi connectivity index (χ1v) is 7.20. The predicted octanol–water partition coefficient (Wildman–Crippen LogP) is 3.84. The van der Waals surface area contributed by atoms with Crippen LogP contribution < -0.4 is 4.74 Å². The maximum absolute atomic E-state index is 10.1. The van der Waals surface area contributed by atoms with Crippen molar-refractivity contribution < 1.29 is 9.84 Å². The number of halogens is 2. The molecule has 0 fully saturated rings. The first-order chi connectivity index (χ1) is 8.60. The van der Waals surface area contributed by atoms with E-state index in [4.69, 9.17) is 16.3 Å². The summed E-state index contributed by atoms with van der Waals surface area (Å²) < 4.78 is 6.79. The molecule has 0 saturated carbocycles. The lowest BCUT2D eigenvalue weighted by molar-refractivity contribution is 0.177.